The minimum Gasteiger partial charge on any atom is -0.440 e. The Balaban J connectivity index is 1.49. The largest absolute Gasteiger partial charge is 0.440 e. The van der Waals surface area contributed by atoms with Crippen molar-refractivity contribution in [3.05, 3.63) is 106 Å². The molecule has 0 aliphatic rings. The van der Waals surface area contributed by atoms with E-state index < -0.39 is 4.92 Å². The summed E-state index contributed by atoms with van der Waals surface area (Å²) in [6, 6.07) is 22.1. The average molecular weight is 383 g/mol. The van der Waals surface area contributed by atoms with Gasteiger partial charge in [0.15, 0.2) is 11.5 Å². The molecule has 0 aliphatic carbocycles. The van der Waals surface area contributed by atoms with Crippen LogP contribution in [-0.2, 0) is 6.42 Å². The maximum Gasteiger partial charge on any atom is 0.276 e. The van der Waals surface area contributed by atoms with Crippen LogP contribution in [-0.4, -0.2) is 16.1 Å². The molecule has 1 heterocycles. The Morgan fingerprint density at radius 3 is 2.66 bits per heavy atom. The SMILES string of the molecule is O=[N+]([O-])c1ccccc1C=CC=Nc1ccc2oc(Cc3ccccc3)nc2c1. The molecule has 0 aliphatic heterocycles. The molecule has 0 bridgehead atoms. The molecule has 0 spiro atoms. The second kappa shape index (κ2) is 8.31. The van der Waals surface area contributed by atoms with Crippen molar-refractivity contribution in [1.82, 2.24) is 4.98 Å². The molecule has 3 aromatic carbocycles. The number of nitrogens with zero attached hydrogens (tertiary/aromatic N) is 3. The number of rotatable bonds is 6. The standard InChI is InChI=1S/C23H17N3O3/c27-26(28)21-11-5-4-9-18(21)10-6-14-24-19-12-13-22-20(16-19)25-23(29-22)15-17-7-2-1-3-8-17/h1-14,16H,15H2. The van der Waals surface area contributed by atoms with E-state index in [0.717, 1.165) is 16.8 Å². The number of aromatic nitrogens is 1. The Kier molecular flexibility index (Phi) is 5.25. The first-order valence-electron chi connectivity index (χ1n) is 9.06. The van der Waals surface area contributed by atoms with Crippen molar-refractivity contribution < 1.29 is 9.34 Å². The minimum absolute atomic E-state index is 0.0621. The Morgan fingerprint density at radius 2 is 1.83 bits per heavy atom. The van der Waals surface area contributed by atoms with Crippen molar-refractivity contribution in [1.29, 1.82) is 0 Å². The van der Waals surface area contributed by atoms with Crippen LogP contribution in [0.15, 0.2) is 88.3 Å². The third-order valence-electron chi connectivity index (χ3n) is 4.33. The van der Waals surface area contributed by atoms with Crippen LogP contribution >= 0.6 is 0 Å². The number of aliphatic imine (C=N–C) groups is 1. The first kappa shape index (κ1) is 18.3. The van der Waals surface area contributed by atoms with E-state index in [1.54, 1.807) is 36.6 Å². The highest BCUT2D eigenvalue weighted by Crippen LogP contribution is 2.23. The molecule has 0 unspecified atom stereocenters. The summed E-state index contributed by atoms with van der Waals surface area (Å²) < 4.78 is 5.81. The number of benzene rings is 3. The Bertz CT molecular complexity index is 1210. The lowest BCUT2D eigenvalue weighted by molar-refractivity contribution is -0.385. The molecule has 0 saturated heterocycles. The van der Waals surface area contributed by atoms with Crippen molar-refractivity contribution in [3.8, 4) is 0 Å². The molecule has 1 aromatic heterocycles. The Morgan fingerprint density at radius 1 is 1.03 bits per heavy atom. The monoisotopic (exact) mass is 383 g/mol. The third kappa shape index (κ3) is 4.44. The summed E-state index contributed by atoms with van der Waals surface area (Å²) in [5, 5.41) is 11.0. The van der Waals surface area contributed by atoms with Crippen LogP contribution in [0.5, 0.6) is 0 Å². The van der Waals surface area contributed by atoms with E-state index in [4.69, 9.17) is 4.42 Å². The fourth-order valence-corrected chi connectivity index (χ4v) is 2.96. The van der Waals surface area contributed by atoms with Crippen molar-refractivity contribution in [2.75, 3.05) is 0 Å². The van der Waals surface area contributed by atoms with Gasteiger partial charge < -0.3 is 4.42 Å². The first-order chi connectivity index (χ1) is 14.2. The van der Waals surface area contributed by atoms with E-state index in [-0.39, 0.29) is 5.69 Å². The van der Waals surface area contributed by atoms with Crippen LogP contribution in [0.1, 0.15) is 17.0 Å². The van der Waals surface area contributed by atoms with Crippen LogP contribution in [0.3, 0.4) is 0 Å². The molecule has 0 amide bonds. The molecule has 6 nitrogen and oxygen atoms in total. The zero-order valence-electron chi connectivity index (χ0n) is 15.4. The van der Waals surface area contributed by atoms with Crippen LogP contribution in [0.4, 0.5) is 11.4 Å². The summed E-state index contributed by atoms with van der Waals surface area (Å²) in [6.07, 6.45) is 5.57. The second-order valence-electron chi connectivity index (χ2n) is 6.38. The lowest BCUT2D eigenvalue weighted by Gasteiger charge is -1.95. The van der Waals surface area contributed by atoms with Crippen molar-refractivity contribution in [2.24, 2.45) is 4.99 Å². The van der Waals surface area contributed by atoms with Gasteiger partial charge in [-0.3, -0.25) is 15.1 Å². The smallest absolute Gasteiger partial charge is 0.276 e. The van der Waals surface area contributed by atoms with Crippen molar-refractivity contribution >= 4 is 34.8 Å². The Labute approximate surface area is 167 Å². The van der Waals surface area contributed by atoms with Crippen LogP contribution in [0.2, 0.25) is 0 Å². The summed E-state index contributed by atoms with van der Waals surface area (Å²) in [6.45, 7) is 0. The lowest BCUT2D eigenvalue weighted by atomic mass is 10.1. The molecular formula is C23H17N3O3. The molecule has 0 atom stereocenters. The van der Waals surface area contributed by atoms with E-state index in [0.29, 0.717) is 23.5 Å². The number of fused-ring (bicyclic) bond motifs is 1. The van der Waals surface area contributed by atoms with Gasteiger partial charge in [-0.15, -0.1) is 0 Å². The normalized spacial score (nSPS) is 11.6. The van der Waals surface area contributed by atoms with Gasteiger partial charge in [0, 0.05) is 18.7 Å². The van der Waals surface area contributed by atoms with E-state index in [1.165, 1.54) is 6.07 Å². The average Bonchev–Trinajstić information content (AvgIpc) is 3.13. The molecule has 0 N–H and O–H groups in total. The third-order valence-corrected chi connectivity index (χ3v) is 4.33. The maximum atomic E-state index is 11.0. The zero-order valence-corrected chi connectivity index (χ0v) is 15.4. The first-order valence-corrected chi connectivity index (χ1v) is 9.06. The lowest BCUT2D eigenvalue weighted by Crippen LogP contribution is -1.90. The van der Waals surface area contributed by atoms with Gasteiger partial charge in [0.05, 0.1) is 16.2 Å². The van der Waals surface area contributed by atoms with Gasteiger partial charge >= 0.3 is 0 Å². The summed E-state index contributed by atoms with van der Waals surface area (Å²) in [4.78, 5) is 19.6. The number of hydrogen-bond donors (Lipinski definition) is 0. The second-order valence-corrected chi connectivity index (χ2v) is 6.38. The summed E-state index contributed by atoms with van der Waals surface area (Å²) >= 11 is 0. The van der Waals surface area contributed by atoms with E-state index in [1.807, 2.05) is 48.5 Å². The van der Waals surface area contributed by atoms with Gasteiger partial charge in [-0.1, -0.05) is 42.5 Å². The molecule has 142 valence electrons. The predicted molar refractivity (Wildman–Crippen MR) is 114 cm³/mol. The summed E-state index contributed by atoms with van der Waals surface area (Å²) in [5.41, 5.74) is 3.91. The maximum absolute atomic E-state index is 11.0. The van der Waals surface area contributed by atoms with Gasteiger partial charge in [0.2, 0.25) is 0 Å². The number of allylic oxidation sites excluding steroid dienone is 1. The molecule has 0 radical (unpaired) electrons. The van der Waals surface area contributed by atoms with Gasteiger partial charge in [0.1, 0.15) is 5.52 Å². The minimum atomic E-state index is -0.400. The fourth-order valence-electron chi connectivity index (χ4n) is 2.96. The van der Waals surface area contributed by atoms with E-state index in [9.17, 15) is 10.1 Å². The van der Waals surface area contributed by atoms with Crippen LogP contribution < -0.4 is 0 Å². The fraction of sp³-hybridized carbons (Fsp3) is 0.0435. The van der Waals surface area contributed by atoms with Gasteiger partial charge in [-0.25, -0.2) is 4.98 Å². The van der Waals surface area contributed by atoms with E-state index in [2.05, 4.69) is 9.98 Å². The predicted octanol–water partition coefficient (Wildman–Crippen LogP) is 5.74. The van der Waals surface area contributed by atoms with Crippen molar-refractivity contribution in [3.63, 3.8) is 0 Å². The topological polar surface area (TPSA) is 81.5 Å². The highest BCUT2D eigenvalue weighted by atomic mass is 16.6. The number of nitro groups is 1. The van der Waals surface area contributed by atoms with Crippen LogP contribution in [0, 0.1) is 10.1 Å². The molecule has 29 heavy (non-hydrogen) atoms. The molecule has 0 saturated carbocycles. The quantitative estimate of drug-likeness (QED) is 0.241. The van der Waals surface area contributed by atoms with Gasteiger partial charge in [-0.05, 0) is 42.0 Å². The number of nitro benzene ring substituents is 1. The molecule has 4 rings (SSSR count). The van der Waals surface area contributed by atoms with Gasteiger partial charge in [0.25, 0.3) is 5.69 Å². The molecule has 6 heteroatoms. The summed E-state index contributed by atoms with van der Waals surface area (Å²) in [5.74, 6) is 0.656. The highest BCUT2D eigenvalue weighted by Gasteiger charge is 2.09. The molecule has 0 fully saturated rings. The van der Waals surface area contributed by atoms with Gasteiger partial charge in [-0.2, -0.15) is 0 Å². The number of hydrogen-bond acceptors (Lipinski definition) is 5. The number of oxazole rings is 1. The number of para-hydroxylation sites is 1. The highest BCUT2D eigenvalue weighted by molar-refractivity contribution is 5.83. The Hall–Kier alpha value is -4.06. The molecular weight excluding hydrogens is 366 g/mol. The zero-order chi connectivity index (χ0) is 20.1. The van der Waals surface area contributed by atoms with Crippen LogP contribution in [0.25, 0.3) is 17.2 Å². The summed E-state index contributed by atoms with van der Waals surface area (Å²) in [7, 11) is 0. The van der Waals surface area contributed by atoms with E-state index >= 15 is 0 Å². The van der Waals surface area contributed by atoms with Crippen molar-refractivity contribution in [2.45, 2.75) is 6.42 Å². The molecule has 4 aromatic rings.